The molecule has 0 fully saturated rings. The zero-order valence-corrected chi connectivity index (χ0v) is 11.4. The van der Waals surface area contributed by atoms with Crippen LogP contribution in [0.5, 0.6) is 0 Å². The highest BCUT2D eigenvalue weighted by Crippen LogP contribution is 2.08. The van der Waals surface area contributed by atoms with Crippen LogP contribution >= 0.6 is 0 Å². The Morgan fingerprint density at radius 3 is 2.90 bits per heavy atom. The maximum atomic E-state index is 13.1. The molecule has 1 aromatic heterocycles. The number of aryl methyl sites for hydroxylation is 1. The van der Waals surface area contributed by atoms with Crippen molar-refractivity contribution in [3.63, 3.8) is 0 Å². The van der Waals surface area contributed by atoms with Crippen molar-refractivity contribution in [2.75, 3.05) is 18.9 Å². The second kappa shape index (κ2) is 6.29. The Labute approximate surface area is 116 Å². The highest BCUT2D eigenvalue weighted by Gasteiger charge is 2.10. The third-order valence-corrected chi connectivity index (χ3v) is 2.65. The first-order valence-electron chi connectivity index (χ1n) is 6.19. The second-order valence-electron chi connectivity index (χ2n) is 4.67. The first kappa shape index (κ1) is 14.2. The van der Waals surface area contributed by atoms with Crippen molar-refractivity contribution < 1.29 is 13.7 Å². The highest BCUT2D eigenvalue weighted by molar-refractivity contribution is 5.91. The van der Waals surface area contributed by atoms with Gasteiger partial charge in [-0.3, -0.25) is 9.69 Å². The smallest absolute Gasteiger partial charge is 0.239 e. The van der Waals surface area contributed by atoms with Crippen LogP contribution in [0, 0.1) is 12.7 Å². The number of benzene rings is 1. The lowest BCUT2D eigenvalue weighted by atomic mass is 10.2. The topological polar surface area (TPSA) is 58.4 Å². The van der Waals surface area contributed by atoms with Crippen LogP contribution in [-0.4, -0.2) is 29.6 Å². The van der Waals surface area contributed by atoms with Gasteiger partial charge in [0, 0.05) is 12.6 Å². The van der Waals surface area contributed by atoms with Gasteiger partial charge in [-0.05, 0) is 31.7 Å². The Bertz CT molecular complexity index is 598. The Kier molecular flexibility index (Phi) is 4.47. The van der Waals surface area contributed by atoms with E-state index in [1.807, 2.05) is 6.07 Å². The number of halogens is 1. The van der Waals surface area contributed by atoms with E-state index in [2.05, 4.69) is 10.5 Å². The summed E-state index contributed by atoms with van der Waals surface area (Å²) < 4.78 is 17.9. The van der Waals surface area contributed by atoms with E-state index in [0.717, 1.165) is 5.56 Å². The first-order valence-corrected chi connectivity index (χ1v) is 6.19. The molecule has 0 atom stereocenters. The van der Waals surface area contributed by atoms with Crippen molar-refractivity contribution in [1.82, 2.24) is 10.1 Å². The second-order valence-corrected chi connectivity index (χ2v) is 4.67. The number of likely N-dealkylation sites (N-methyl/N-ethyl adjacent to an activating group) is 1. The van der Waals surface area contributed by atoms with Crippen LogP contribution in [0.4, 0.5) is 10.2 Å². The summed E-state index contributed by atoms with van der Waals surface area (Å²) in [5.41, 5.74) is 0.817. The van der Waals surface area contributed by atoms with E-state index in [-0.39, 0.29) is 18.3 Å². The molecule has 2 aromatic rings. The summed E-state index contributed by atoms with van der Waals surface area (Å²) in [6.45, 7) is 2.42. The lowest BCUT2D eigenvalue weighted by molar-refractivity contribution is -0.117. The molecule has 20 heavy (non-hydrogen) atoms. The molecule has 106 valence electrons. The Morgan fingerprint density at radius 1 is 1.45 bits per heavy atom. The van der Waals surface area contributed by atoms with Crippen molar-refractivity contribution in [3.8, 4) is 0 Å². The molecule has 0 aliphatic heterocycles. The number of carbonyl (C=O) groups is 1. The average Bonchev–Trinajstić information content (AvgIpc) is 2.74. The molecule has 0 bridgehead atoms. The molecule has 0 saturated carbocycles. The standard InChI is InChI=1S/C14H16FN3O2/c1-10-6-13(17-20-10)16-14(19)9-18(2)8-11-4-3-5-12(15)7-11/h3-7H,8-9H2,1-2H3,(H,16,17,19). The van der Waals surface area contributed by atoms with E-state index in [4.69, 9.17) is 4.52 Å². The van der Waals surface area contributed by atoms with Gasteiger partial charge in [-0.1, -0.05) is 17.3 Å². The predicted molar refractivity (Wildman–Crippen MR) is 72.6 cm³/mol. The quantitative estimate of drug-likeness (QED) is 0.910. The summed E-state index contributed by atoms with van der Waals surface area (Å²) in [4.78, 5) is 13.6. The van der Waals surface area contributed by atoms with Gasteiger partial charge in [0.15, 0.2) is 5.82 Å². The minimum Gasteiger partial charge on any atom is -0.360 e. The third-order valence-electron chi connectivity index (χ3n) is 2.65. The molecule has 2 rings (SSSR count). The molecule has 0 unspecified atom stereocenters. The molecule has 0 aliphatic carbocycles. The van der Waals surface area contributed by atoms with Gasteiger partial charge in [-0.15, -0.1) is 0 Å². The van der Waals surface area contributed by atoms with Gasteiger partial charge in [0.05, 0.1) is 6.54 Å². The van der Waals surface area contributed by atoms with Crippen LogP contribution in [-0.2, 0) is 11.3 Å². The average molecular weight is 277 g/mol. The molecule has 1 N–H and O–H groups in total. The fourth-order valence-corrected chi connectivity index (χ4v) is 1.86. The zero-order valence-electron chi connectivity index (χ0n) is 11.4. The van der Waals surface area contributed by atoms with Crippen LogP contribution in [0.25, 0.3) is 0 Å². The predicted octanol–water partition coefficient (Wildman–Crippen LogP) is 2.19. The number of hydrogen-bond acceptors (Lipinski definition) is 4. The minimum atomic E-state index is -0.279. The van der Waals surface area contributed by atoms with E-state index in [0.29, 0.717) is 18.1 Å². The van der Waals surface area contributed by atoms with Crippen molar-refractivity contribution in [2.45, 2.75) is 13.5 Å². The van der Waals surface area contributed by atoms with Crippen molar-refractivity contribution in [2.24, 2.45) is 0 Å². The van der Waals surface area contributed by atoms with E-state index in [1.54, 1.807) is 31.0 Å². The number of rotatable bonds is 5. The minimum absolute atomic E-state index is 0.183. The lowest BCUT2D eigenvalue weighted by Gasteiger charge is -2.15. The fraction of sp³-hybridized carbons (Fsp3) is 0.286. The van der Waals surface area contributed by atoms with Gasteiger partial charge < -0.3 is 9.84 Å². The number of anilines is 1. The SMILES string of the molecule is Cc1cc(NC(=O)CN(C)Cc2cccc(F)c2)no1. The van der Waals surface area contributed by atoms with Crippen LogP contribution < -0.4 is 5.32 Å². The Balaban J connectivity index is 1.84. The molecule has 0 radical (unpaired) electrons. The van der Waals surface area contributed by atoms with Gasteiger partial charge in [0.1, 0.15) is 11.6 Å². The molecular formula is C14H16FN3O2. The summed E-state index contributed by atoms with van der Waals surface area (Å²) in [5.74, 6) is 0.552. The van der Waals surface area contributed by atoms with Crippen LogP contribution in [0.15, 0.2) is 34.9 Å². The summed E-state index contributed by atoms with van der Waals surface area (Å²) >= 11 is 0. The number of hydrogen-bond donors (Lipinski definition) is 1. The number of amides is 1. The number of aromatic nitrogens is 1. The van der Waals surface area contributed by atoms with Gasteiger partial charge in [0.2, 0.25) is 5.91 Å². The molecule has 6 heteroatoms. The largest absolute Gasteiger partial charge is 0.360 e. The number of nitrogens with zero attached hydrogens (tertiary/aromatic N) is 2. The van der Waals surface area contributed by atoms with Gasteiger partial charge in [-0.2, -0.15) is 0 Å². The summed E-state index contributed by atoms with van der Waals surface area (Å²) in [6.07, 6.45) is 0. The zero-order chi connectivity index (χ0) is 14.5. The summed E-state index contributed by atoms with van der Waals surface area (Å²) in [6, 6.07) is 7.96. The van der Waals surface area contributed by atoms with Crippen molar-refractivity contribution in [3.05, 3.63) is 47.5 Å². The molecule has 5 nitrogen and oxygen atoms in total. The van der Waals surface area contributed by atoms with E-state index in [1.165, 1.54) is 12.1 Å². The van der Waals surface area contributed by atoms with Gasteiger partial charge in [0.25, 0.3) is 0 Å². The third kappa shape index (κ3) is 4.17. The molecule has 0 saturated heterocycles. The number of nitrogens with one attached hydrogen (secondary N) is 1. The fourth-order valence-electron chi connectivity index (χ4n) is 1.86. The van der Waals surface area contributed by atoms with Crippen molar-refractivity contribution in [1.29, 1.82) is 0 Å². The Morgan fingerprint density at radius 2 is 2.25 bits per heavy atom. The highest BCUT2D eigenvalue weighted by atomic mass is 19.1. The molecule has 1 amide bonds. The van der Waals surface area contributed by atoms with Crippen LogP contribution in [0.1, 0.15) is 11.3 Å². The lowest BCUT2D eigenvalue weighted by Crippen LogP contribution is -2.29. The number of carbonyl (C=O) groups excluding carboxylic acids is 1. The maximum absolute atomic E-state index is 13.1. The Hall–Kier alpha value is -2.21. The van der Waals surface area contributed by atoms with Crippen LogP contribution in [0.3, 0.4) is 0 Å². The monoisotopic (exact) mass is 277 g/mol. The molecule has 1 aromatic carbocycles. The molecule has 0 spiro atoms. The molecular weight excluding hydrogens is 261 g/mol. The normalized spacial score (nSPS) is 10.8. The van der Waals surface area contributed by atoms with Crippen molar-refractivity contribution >= 4 is 11.7 Å². The van der Waals surface area contributed by atoms with E-state index >= 15 is 0 Å². The maximum Gasteiger partial charge on any atom is 0.239 e. The van der Waals surface area contributed by atoms with Gasteiger partial charge in [-0.25, -0.2) is 4.39 Å². The van der Waals surface area contributed by atoms with Gasteiger partial charge >= 0.3 is 0 Å². The summed E-state index contributed by atoms with van der Waals surface area (Å²) in [5, 5.41) is 6.31. The first-order chi connectivity index (χ1) is 9.52. The molecule has 1 heterocycles. The van der Waals surface area contributed by atoms with E-state index < -0.39 is 0 Å². The summed E-state index contributed by atoms with van der Waals surface area (Å²) in [7, 11) is 1.79. The van der Waals surface area contributed by atoms with E-state index in [9.17, 15) is 9.18 Å². The molecule has 0 aliphatic rings. The van der Waals surface area contributed by atoms with Crippen LogP contribution in [0.2, 0.25) is 0 Å².